The molecule has 20 heavy (non-hydrogen) atoms. The van der Waals surface area contributed by atoms with Crippen LogP contribution in [0.4, 0.5) is 5.69 Å². The molecule has 6 heteroatoms. The highest BCUT2D eigenvalue weighted by molar-refractivity contribution is 5.99. The summed E-state index contributed by atoms with van der Waals surface area (Å²) in [7, 11) is 0. The number of nitrogens with one attached hydrogen (secondary N) is 2. The minimum atomic E-state index is -0.173. The molecule has 0 saturated heterocycles. The van der Waals surface area contributed by atoms with Crippen LogP contribution < -0.4 is 16.6 Å². The van der Waals surface area contributed by atoms with Gasteiger partial charge in [0.1, 0.15) is 0 Å². The Morgan fingerprint density at radius 3 is 3.05 bits per heavy atom. The molecule has 1 heterocycles. The smallest absolute Gasteiger partial charge is 0.255 e. The first-order chi connectivity index (χ1) is 9.70. The topological polar surface area (TPSA) is 89.3 Å². The Morgan fingerprint density at radius 2 is 2.35 bits per heavy atom. The Labute approximate surface area is 119 Å². The molecule has 6 nitrogen and oxygen atoms in total. The fourth-order valence-electron chi connectivity index (χ4n) is 1.87. The molecule has 110 valence electrons. The fraction of sp³-hybridized carbons (Fsp3) is 0.571. The van der Waals surface area contributed by atoms with Gasteiger partial charge in [-0.2, -0.15) is 0 Å². The van der Waals surface area contributed by atoms with Crippen molar-refractivity contribution in [3.05, 3.63) is 23.5 Å². The monoisotopic (exact) mass is 278 g/mol. The molecule has 0 unspecified atom stereocenters. The summed E-state index contributed by atoms with van der Waals surface area (Å²) in [5.74, 6) is 6.01. The summed E-state index contributed by atoms with van der Waals surface area (Å²) < 4.78 is 5.51. The molecule has 1 aromatic rings. The molecular formula is C14H22N4O2. The molecule has 1 saturated carbocycles. The molecule has 0 spiro atoms. The Hall–Kier alpha value is -1.66. The van der Waals surface area contributed by atoms with E-state index in [-0.39, 0.29) is 5.91 Å². The number of hydrogen-bond acceptors (Lipinski definition) is 5. The van der Waals surface area contributed by atoms with E-state index in [1.54, 1.807) is 6.07 Å². The quantitative estimate of drug-likeness (QED) is 0.378. The van der Waals surface area contributed by atoms with Crippen LogP contribution in [0.25, 0.3) is 0 Å². The lowest BCUT2D eigenvalue weighted by Crippen LogP contribution is -2.27. The maximum atomic E-state index is 12.0. The zero-order chi connectivity index (χ0) is 14.4. The minimum Gasteiger partial charge on any atom is -0.381 e. The van der Waals surface area contributed by atoms with Gasteiger partial charge in [-0.05, 0) is 38.2 Å². The van der Waals surface area contributed by atoms with E-state index in [1.807, 2.05) is 6.92 Å². The lowest BCUT2D eigenvalue weighted by Gasteiger charge is -2.10. The fourth-order valence-corrected chi connectivity index (χ4v) is 1.87. The third-order valence-corrected chi connectivity index (χ3v) is 3.24. The van der Waals surface area contributed by atoms with Crippen molar-refractivity contribution in [2.45, 2.75) is 26.2 Å². The van der Waals surface area contributed by atoms with Crippen LogP contribution in [0.2, 0.25) is 0 Å². The van der Waals surface area contributed by atoms with Crippen LogP contribution in [-0.2, 0) is 4.74 Å². The molecule has 1 aliphatic rings. The number of nitrogens with zero attached hydrogens (tertiary/aromatic N) is 1. The minimum absolute atomic E-state index is 0.173. The first-order valence-corrected chi connectivity index (χ1v) is 7.00. The number of anilines is 1. The van der Waals surface area contributed by atoms with E-state index in [2.05, 4.69) is 15.7 Å². The number of pyridine rings is 1. The lowest BCUT2D eigenvalue weighted by molar-refractivity contribution is 0.0938. The Kier molecular flexibility index (Phi) is 5.31. The molecule has 1 aromatic heterocycles. The predicted molar refractivity (Wildman–Crippen MR) is 77.3 cm³/mol. The Balaban J connectivity index is 1.70. The van der Waals surface area contributed by atoms with E-state index in [0.717, 1.165) is 24.6 Å². The highest BCUT2D eigenvalue weighted by Crippen LogP contribution is 2.28. The number of carbonyl (C=O) groups is 1. The summed E-state index contributed by atoms with van der Waals surface area (Å²) >= 11 is 0. The second kappa shape index (κ2) is 7.21. The zero-order valence-corrected chi connectivity index (χ0v) is 11.8. The third kappa shape index (κ3) is 4.47. The van der Waals surface area contributed by atoms with Gasteiger partial charge in [0.2, 0.25) is 0 Å². The van der Waals surface area contributed by atoms with Crippen molar-refractivity contribution in [3.8, 4) is 0 Å². The number of aryl methyl sites for hydroxylation is 1. The third-order valence-electron chi connectivity index (χ3n) is 3.24. The summed E-state index contributed by atoms with van der Waals surface area (Å²) in [5.41, 5.74) is 4.37. The molecule has 0 bridgehead atoms. The number of hydrogen-bond donors (Lipinski definition) is 3. The van der Waals surface area contributed by atoms with E-state index >= 15 is 0 Å². The van der Waals surface area contributed by atoms with Gasteiger partial charge in [0.25, 0.3) is 5.91 Å². The normalized spacial score (nSPS) is 14.1. The van der Waals surface area contributed by atoms with Crippen LogP contribution >= 0.6 is 0 Å². The van der Waals surface area contributed by atoms with Gasteiger partial charge in [0, 0.05) is 31.6 Å². The van der Waals surface area contributed by atoms with Crippen LogP contribution in [0, 0.1) is 12.8 Å². The largest absolute Gasteiger partial charge is 0.381 e. The average Bonchev–Trinajstić information content (AvgIpc) is 3.26. The van der Waals surface area contributed by atoms with Crippen molar-refractivity contribution in [2.75, 3.05) is 25.2 Å². The van der Waals surface area contributed by atoms with Gasteiger partial charge in [-0.15, -0.1) is 0 Å². The molecule has 0 atom stereocenters. The second-order valence-corrected chi connectivity index (χ2v) is 5.14. The van der Waals surface area contributed by atoms with Gasteiger partial charge in [-0.1, -0.05) is 0 Å². The van der Waals surface area contributed by atoms with Crippen LogP contribution in [0.15, 0.2) is 12.3 Å². The van der Waals surface area contributed by atoms with Crippen LogP contribution in [0.3, 0.4) is 0 Å². The molecule has 0 aromatic carbocycles. The summed E-state index contributed by atoms with van der Waals surface area (Å²) in [6.07, 6.45) is 4.94. The van der Waals surface area contributed by atoms with Gasteiger partial charge in [-0.3, -0.25) is 15.6 Å². The zero-order valence-electron chi connectivity index (χ0n) is 11.8. The molecule has 1 aliphatic carbocycles. The standard InChI is InChI=1S/C14H22N4O2/c1-10-7-13(18-15)12(8-17-10)14(19)16-5-2-6-20-9-11-3-4-11/h7-8,11H,2-6,9,15H2,1H3,(H,16,19)(H,17,18). The van der Waals surface area contributed by atoms with E-state index in [0.29, 0.717) is 24.4 Å². The molecular weight excluding hydrogens is 256 g/mol. The van der Waals surface area contributed by atoms with Crippen molar-refractivity contribution < 1.29 is 9.53 Å². The Bertz CT molecular complexity index is 460. The number of nitrogen functional groups attached to an aromatic ring is 1. The average molecular weight is 278 g/mol. The molecule has 1 amide bonds. The van der Waals surface area contributed by atoms with E-state index in [9.17, 15) is 4.79 Å². The number of ether oxygens (including phenoxy) is 1. The van der Waals surface area contributed by atoms with Crippen LogP contribution in [0.1, 0.15) is 35.3 Å². The van der Waals surface area contributed by atoms with Crippen molar-refractivity contribution in [1.29, 1.82) is 0 Å². The summed E-state index contributed by atoms with van der Waals surface area (Å²) in [6, 6.07) is 1.74. The van der Waals surface area contributed by atoms with Gasteiger partial charge in [0.05, 0.1) is 11.3 Å². The maximum Gasteiger partial charge on any atom is 0.255 e. The molecule has 0 aliphatic heterocycles. The van der Waals surface area contributed by atoms with Gasteiger partial charge in [-0.25, -0.2) is 0 Å². The predicted octanol–water partition coefficient (Wildman–Crippen LogP) is 1.22. The van der Waals surface area contributed by atoms with E-state index in [1.165, 1.54) is 19.0 Å². The van der Waals surface area contributed by atoms with Crippen LogP contribution in [-0.4, -0.2) is 30.6 Å². The van der Waals surface area contributed by atoms with Gasteiger partial charge >= 0.3 is 0 Å². The number of amides is 1. The van der Waals surface area contributed by atoms with Crippen molar-refractivity contribution in [3.63, 3.8) is 0 Å². The molecule has 1 fully saturated rings. The Morgan fingerprint density at radius 1 is 1.55 bits per heavy atom. The van der Waals surface area contributed by atoms with Crippen molar-refractivity contribution >= 4 is 11.6 Å². The second-order valence-electron chi connectivity index (χ2n) is 5.14. The number of nitrogens with two attached hydrogens (primary N) is 1. The van der Waals surface area contributed by atoms with Gasteiger partial charge in [0.15, 0.2) is 0 Å². The van der Waals surface area contributed by atoms with Crippen LogP contribution in [0.5, 0.6) is 0 Å². The van der Waals surface area contributed by atoms with Gasteiger partial charge < -0.3 is 15.5 Å². The first kappa shape index (κ1) is 14.7. The van der Waals surface area contributed by atoms with Crippen molar-refractivity contribution in [2.24, 2.45) is 11.8 Å². The molecule has 4 N–H and O–H groups in total. The highest BCUT2D eigenvalue weighted by Gasteiger charge is 2.20. The number of rotatable bonds is 8. The number of carbonyl (C=O) groups excluding carboxylic acids is 1. The van der Waals surface area contributed by atoms with Crippen molar-refractivity contribution in [1.82, 2.24) is 10.3 Å². The number of aromatic nitrogens is 1. The lowest BCUT2D eigenvalue weighted by atomic mass is 10.2. The summed E-state index contributed by atoms with van der Waals surface area (Å²) in [6.45, 7) is 3.98. The summed E-state index contributed by atoms with van der Waals surface area (Å²) in [5, 5.41) is 2.84. The maximum absolute atomic E-state index is 12.0. The SMILES string of the molecule is Cc1cc(NN)c(C(=O)NCCCOCC2CC2)cn1. The molecule has 2 rings (SSSR count). The first-order valence-electron chi connectivity index (χ1n) is 7.00. The van der Waals surface area contributed by atoms with E-state index in [4.69, 9.17) is 10.6 Å². The van der Waals surface area contributed by atoms with E-state index < -0.39 is 0 Å². The molecule has 0 radical (unpaired) electrons. The number of hydrazine groups is 1. The highest BCUT2D eigenvalue weighted by atomic mass is 16.5. The summed E-state index contributed by atoms with van der Waals surface area (Å²) in [4.78, 5) is 16.1.